The number of nitrogens with zero attached hydrogens (tertiary/aromatic N) is 2. The Morgan fingerprint density at radius 3 is 2.21 bits per heavy atom. The minimum atomic E-state index is -5.61. The third-order valence-electron chi connectivity index (χ3n) is 6.84. The topological polar surface area (TPSA) is 93.2 Å². The zero-order valence-electron chi connectivity index (χ0n) is 22.0. The zero-order chi connectivity index (χ0) is 31.0. The van der Waals surface area contributed by atoms with E-state index in [1.54, 1.807) is 0 Å². The molecule has 2 aromatic rings. The molecular formula is C26H25ClF6N2O6S. The Bertz CT molecular complexity index is 1450. The fraction of sp³-hybridized carbons (Fsp3) is 0.462. The van der Waals surface area contributed by atoms with Crippen LogP contribution in [-0.2, 0) is 26.2 Å². The fourth-order valence-corrected chi connectivity index (χ4v) is 5.37. The summed E-state index contributed by atoms with van der Waals surface area (Å²) in [5.41, 5.74) is -0.0197. The van der Waals surface area contributed by atoms with Gasteiger partial charge in [0.15, 0.2) is 11.6 Å². The Labute approximate surface area is 242 Å². The number of piperidine rings is 1. The van der Waals surface area contributed by atoms with Gasteiger partial charge in [0.25, 0.3) is 10.0 Å². The number of benzene rings is 2. The molecule has 2 aromatic carbocycles. The molecule has 1 aliphatic carbocycles. The summed E-state index contributed by atoms with van der Waals surface area (Å²) in [5, 5.41) is -0.300. The van der Waals surface area contributed by atoms with Crippen molar-refractivity contribution in [2.45, 2.75) is 44.3 Å². The molecule has 0 spiro atoms. The standard InChI is InChI=1S/C26H25ClF6N2O6S/c1-42(38,39)35(41-25(37)26(31,32)33)24(36)18-10-17(16-2-3-16)22(11-20(18)28)40-13-14-4-6-34(7-5-14)12-15-8-19(27)23(30)21(29)9-15/h8-11,14,16H,2-7,12-13H2,1H3. The van der Waals surface area contributed by atoms with Crippen molar-refractivity contribution in [2.75, 3.05) is 26.0 Å². The van der Waals surface area contributed by atoms with E-state index >= 15 is 4.39 Å². The first kappa shape index (κ1) is 31.9. The van der Waals surface area contributed by atoms with E-state index in [9.17, 15) is 40.0 Å². The van der Waals surface area contributed by atoms with E-state index in [2.05, 4.69) is 4.84 Å². The van der Waals surface area contributed by atoms with Gasteiger partial charge in [-0.15, -0.1) is 0 Å². The summed E-state index contributed by atoms with van der Waals surface area (Å²) in [4.78, 5) is 29.8. The summed E-state index contributed by atoms with van der Waals surface area (Å²) < 4.78 is 109. The first-order valence-corrected chi connectivity index (χ1v) is 14.9. The highest BCUT2D eigenvalue weighted by Crippen LogP contribution is 2.45. The number of hydroxylamine groups is 1. The number of rotatable bonds is 8. The van der Waals surface area contributed by atoms with Gasteiger partial charge in [0, 0.05) is 12.6 Å². The van der Waals surface area contributed by atoms with Gasteiger partial charge in [-0.2, -0.15) is 13.2 Å². The molecule has 0 atom stereocenters. The van der Waals surface area contributed by atoms with Crippen LogP contribution in [0.3, 0.4) is 0 Å². The molecule has 1 heterocycles. The van der Waals surface area contributed by atoms with E-state index in [0.29, 0.717) is 62.7 Å². The minimum Gasteiger partial charge on any atom is -0.493 e. The highest BCUT2D eigenvalue weighted by Gasteiger charge is 2.45. The first-order chi connectivity index (χ1) is 19.5. The molecule has 0 aromatic heterocycles. The van der Waals surface area contributed by atoms with Crippen LogP contribution in [0.1, 0.15) is 53.1 Å². The van der Waals surface area contributed by atoms with Gasteiger partial charge in [-0.1, -0.05) is 16.1 Å². The third kappa shape index (κ3) is 7.67. The summed E-state index contributed by atoms with van der Waals surface area (Å²) >= 11 is 5.72. The third-order valence-corrected chi connectivity index (χ3v) is 7.96. The van der Waals surface area contributed by atoms with Crippen molar-refractivity contribution in [3.8, 4) is 5.75 Å². The highest BCUT2D eigenvalue weighted by atomic mass is 35.5. The smallest absolute Gasteiger partial charge is 0.493 e. The van der Waals surface area contributed by atoms with Gasteiger partial charge in [-0.3, -0.25) is 9.69 Å². The first-order valence-electron chi connectivity index (χ1n) is 12.7. The van der Waals surface area contributed by atoms with Gasteiger partial charge in [0.2, 0.25) is 0 Å². The average molecular weight is 643 g/mol. The number of amides is 1. The summed E-state index contributed by atoms with van der Waals surface area (Å²) in [6, 6.07) is 4.32. The molecule has 1 saturated heterocycles. The molecule has 0 radical (unpaired) electrons. The van der Waals surface area contributed by atoms with Crippen LogP contribution in [0.4, 0.5) is 26.3 Å². The number of alkyl halides is 3. The lowest BCUT2D eigenvalue weighted by atomic mass is 9.97. The second kappa shape index (κ2) is 12.3. The number of carbonyl (C=O) groups excluding carboxylic acids is 2. The Morgan fingerprint density at radius 1 is 1.02 bits per heavy atom. The van der Waals surface area contributed by atoms with Crippen LogP contribution in [0.25, 0.3) is 0 Å². The van der Waals surface area contributed by atoms with Crippen molar-refractivity contribution in [2.24, 2.45) is 5.92 Å². The molecule has 42 heavy (non-hydrogen) atoms. The number of sulfonamides is 1. The SMILES string of the molecule is CS(=O)(=O)N(OC(=O)C(F)(F)F)C(=O)c1cc(C2CC2)c(OCC2CCN(Cc3cc(F)c(F)c(Cl)c3)CC2)cc1F. The molecule has 0 bridgehead atoms. The Hall–Kier alpha value is -3.04. The van der Waals surface area contributed by atoms with Crippen molar-refractivity contribution in [3.63, 3.8) is 0 Å². The number of carbonyl (C=O) groups is 2. The fourth-order valence-electron chi connectivity index (χ4n) is 4.54. The average Bonchev–Trinajstić information content (AvgIpc) is 3.73. The van der Waals surface area contributed by atoms with E-state index in [4.69, 9.17) is 16.3 Å². The van der Waals surface area contributed by atoms with Gasteiger partial charge in [-0.05, 0) is 79.9 Å². The molecule has 0 N–H and O–H groups in total. The number of likely N-dealkylation sites (tertiary alicyclic amines) is 1. The van der Waals surface area contributed by atoms with Crippen molar-refractivity contribution in [3.05, 3.63) is 63.4 Å². The lowest BCUT2D eigenvalue weighted by molar-refractivity contribution is -0.216. The zero-order valence-corrected chi connectivity index (χ0v) is 23.6. The molecule has 8 nitrogen and oxygen atoms in total. The molecule has 1 saturated carbocycles. The summed E-state index contributed by atoms with van der Waals surface area (Å²) in [6.45, 7) is 1.76. The normalized spacial score (nSPS) is 16.8. The Morgan fingerprint density at radius 2 is 1.67 bits per heavy atom. The van der Waals surface area contributed by atoms with Gasteiger partial charge in [0.05, 0.1) is 23.4 Å². The number of halogens is 7. The van der Waals surface area contributed by atoms with E-state index in [0.717, 1.165) is 18.2 Å². The molecule has 1 aliphatic heterocycles. The predicted molar refractivity (Wildman–Crippen MR) is 136 cm³/mol. The summed E-state index contributed by atoms with van der Waals surface area (Å²) in [5.74, 6) is -8.19. The van der Waals surface area contributed by atoms with Crippen LogP contribution in [-0.4, -0.2) is 61.8 Å². The minimum absolute atomic E-state index is 0.0497. The monoisotopic (exact) mass is 642 g/mol. The predicted octanol–water partition coefficient (Wildman–Crippen LogP) is 5.35. The van der Waals surface area contributed by atoms with Crippen LogP contribution in [0.2, 0.25) is 5.02 Å². The van der Waals surface area contributed by atoms with E-state index in [1.165, 1.54) is 6.07 Å². The Kier molecular flexibility index (Phi) is 9.33. The largest absolute Gasteiger partial charge is 0.493 e. The van der Waals surface area contributed by atoms with Crippen LogP contribution >= 0.6 is 11.6 Å². The number of hydrogen-bond acceptors (Lipinski definition) is 7. The number of ether oxygens (including phenoxy) is 1. The maximum absolute atomic E-state index is 15.0. The molecule has 16 heteroatoms. The van der Waals surface area contributed by atoms with Crippen molar-refractivity contribution in [1.82, 2.24) is 9.37 Å². The summed E-state index contributed by atoms with van der Waals surface area (Å²) in [7, 11) is -4.87. The Balaban J connectivity index is 1.42. The van der Waals surface area contributed by atoms with Gasteiger partial charge in [0.1, 0.15) is 11.6 Å². The van der Waals surface area contributed by atoms with Gasteiger partial charge < -0.3 is 9.57 Å². The molecule has 1 amide bonds. The molecule has 2 aliphatic rings. The van der Waals surface area contributed by atoms with Crippen LogP contribution in [0.5, 0.6) is 5.75 Å². The molecule has 230 valence electrons. The highest BCUT2D eigenvalue weighted by molar-refractivity contribution is 7.88. The lowest BCUT2D eigenvalue weighted by Crippen LogP contribution is -2.42. The molecular weight excluding hydrogens is 618 g/mol. The second-order valence-electron chi connectivity index (χ2n) is 10.2. The second-order valence-corrected chi connectivity index (χ2v) is 12.4. The van der Waals surface area contributed by atoms with E-state index in [1.807, 2.05) is 4.90 Å². The quantitative estimate of drug-likeness (QED) is 0.218. The summed E-state index contributed by atoms with van der Waals surface area (Å²) in [6.07, 6.45) is -2.64. The van der Waals surface area contributed by atoms with E-state index < -0.39 is 55.6 Å². The van der Waals surface area contributed by atoms with E-state index in [-0.39, 0.29) is 29.2 Å². The van der Waals surface area contributed by atoms with Crippen LogP contribution in [0, 0.1) is 23.4 Å². The van der Waals surface area contributed by atoms with Crippen LogP contribution in [0.15, 0.2) is 24.3 Å². The lowest BCUT2D eigenvalue weighted by Gasteiger charge is -2.32. The van der Waals surface area contributed by atoms with Crippen molar-refractivity contribution in [1.29, 1.82) is 0 Å². The maximum Gasteiger partial charge on any atom is 0.493 e. The maximum atomic E-state index is 15.0. The van der Waals surface area contributed by atoms with Crippen molar-refractivity contribution >= 4 is 33.5 Å². The van der Waals surface area contributed by atoms with Crippen LogP contribution < -0.4 is 4.74 Å². The molecule has 0 unspecified atom stereocenters. The molecule has 2 fully saturated rings. The van der Waals surface area contributed by atoms with Crippen molar-refractivity contribution < 1.29 is 53.9 Å². The number of hydrogen-bond donors (Lipinski definition) is 0. The van der Waals surface area contributed by atoms with Gasteiger partial charge >= 0.3 is 18.1 Å². The molecule has 4 rings (SSSR count). The van der Waals surface area contributed by atoms with Gasteiger partial charge in [-0.25, -0.2) is 26.4 Å².